The molecule has 1 heterocycles. The first-order chi connectivity index (χ1) is 14.2. The molecule has 0 aliphatic heterocycles. The number of rotatable bonds is 9. The Balaban J connectivity index is 1.47. The van der Waals surface area contributed by atoms with Crippen molar-refractivity contribution in [2.24, 2.45) is 0 Å². The van der Waals surface area contributed by atoms with Gasteiger partial charge in [0.25, 0.3) is 0 Å². The SMILES string of the molecule is COc1ccc(CC(=O)Nc2ccc(NCCc3ccccc3OC)nn2)cc1. The molecular weight excluding hydrogens is 368 g/mol. The molecule has 29 heavy (non-hydrogen) atoms. The van der Waals surface area contributed by atoms with Gasteiger partial charge in [-0.15, -0.1) is 10.2 Å². The Kier molecular flexibility index (Phi) is 7.00. The number of benzene rings is 2. The van der Waals surface area contributed by atoms with Gasteiger partial charge >= 0.3 is 0 Å². The third kappa shape index (κ3) is 5.93. The summed E-state index contributed by atoms with van der Waals surface area (Å²) in [5.74, 6) is 2.54. The number of para-hydroxylation sites is 1. The number of ether oxygens (including phenoxy) is 2. The van der Waals surface area contributed by atoms with Crippen LogP contribution in [0.3, 0.4) is 0 Å². The maximum Gasteiger partial charge on any atom is 0.229 e. The van der Waals surface area contributed by atoms with Crippen LogP contribution < -0.4 is 20.1 Å². The number of aromatic nitrogens is 2. The first-order valence-electron chi connectivity index (χ1n) is 9.30. The minimum absolute atomic E-state index is 0.152. The number of nitrogens with zero attached hydrogens (tertiary/aromatic N) is 2. The highest BCUT2D eigenvalue weighted by Gasteiger charge is 2.07. The Morgan fingerprint density at radius 2 is 1.62 bits per heavy atom. The number of amides is 1. The predicted molar refractivity (Wildman–Crippen MR) is 113 cm³/mol. The number of anilines is 2. The van der Waals surface area contributed by atoms with Gasteiger partial charge in [0, 0.05) is 6.54 Å². The van der Waals surface area contributed by atoms with E-state index in [1.165, 1.54) is 0 Å². The quantitative estimate of drug-likeness (QED) is 0.581. The van der Waals surface area contributed by atoms with Crippen LogP contribution in [0.15, 0.2) is 60.7 Å². The molecule has 3 rings (SSSR count). The van der Waals surface area contributed by atoms with Crippen molar-refractivity contribution < 1.29 is 14.3 Å². The van der Waals surface area contributed by atoms with E-state index in [9.17, 15) is 4.79 Å². The van der Waals surface area contributed by atoms with E-state index in [2.05, 4.69) is 20.8 Å². The highest BCUT2D eigenvalue weighted by Crippen LogP contribution is 2.18. The fourth-order valence-electron chi connectivity index (χ4n) is 2.84. The minimum Gasteiger partial charge on any atom is -0.497 e. The molecule has 3 aromatic rings. The molecule has 0 saturated heterocycles. The standard InChI is InChI=1S/C22H24N4O3/c1-28-18-9-7-16(8-10-18)15-22(27)24-21-12-11-20(25-26-21)23-14-13-17-5-3-4-6-19(17)29-2/h3-12H,13-15H2,1-2H3,(H,23,25)(H,24,26,27). The molecule has 0 bridgehead atoms. The van der Waals surface area contributed by atoms with E-state index in [0.717, 1.165) is 29.0 Å². The van der Waals surface area contributed by atoms with Gasteiger partial charge in [-0.2, -0.15) is 0 Å². The van der Waals surface area contributed by atoms with Gasteiger partial charge in [-0.25, -0.2) is 0 Å². The lowest BCUT2D eigenvalue weighted by molar-refractivity contribution is -0.115. The zero-order chi connectivity index (χ0) is 20.5. The van der Waals surface area contributed by atoms with Crippen LogP contribution in [0, 0.1) is 0 Å². The zero-order valence-electron chi connectivity index (χ0n) is 16.5. The van der Waals surface area contributed by atoms with Crippen molar-refractivity contribution >= 4 is 17.5 Å². The third-order valence-corrected chi connectivity index (χ3v) is 4.35. The van der Waals surface area contributed by atoms with E-state index in [0.29, 0.717) is 18.2 Å². The summed E-state index contributed by atoms with van der Waals surface area (Å²) >= 11 is 0. The van der Waals surface area contributed by atoms with Crippen LogP contribution in [-0.2, 0) is 17.6 Å². The van der Waals surface area contributed by atoms with E-state index < -0.39 is 0 Å². The van der Waals surface area contributed by atoms with Crippen LogP contribution in [0.2, 0.25) is 0 Å². The van der Waals surface area contributed by atoms with Gasteiger partial charge in [-0.1, -0.05) is 30.3 Å². The number of carbonyl (C=O) groups excluding carboxylic acids is 1. The largest absolute Gasteiger partial charge is 0.497 e. The summed E-state index contributed by atoms with van der Waals surface area (Å²) in [6.45, 7) is 0.693. The second-order valence-corrected chi connectivity index (χ2v) is 6.37. The first-order valence-corrected chi connectivity index (χ1v) is 9.30. The molecule has 0 aliphatic carbocycles. The van der Waals surface area contributed by atoms with Crippen LogP contribution in [0.5, 0.6) is 11.5 Å². The van der Waals surface area contributed by atoms with Crippen molar-refractivity contribution in [3.63, 3.8) is 0 Å². The maximum atomic E-state index is 12.2. The number of methoxy groups -OCH3 is 2. The summed E-state index contributed by atoms with van der Waals surface area (Å²) in [6.07, 6.45) is 1.05. The molecule has 0 saturated carbocycles. The van der Waals surface area contributed by atoms with Crippen LogP contribution in [0.1, 0.15) is 11.1 Å². The van der Waals surface area contributed by atoms with E-state index in [1.807, 2.05) is 48.5 Å². The van der Waals surface area contributed by atoms with Crippen LogP contribution in [-0.4, -0.2) is 36.9 Å². The summed E-state index contributed by atoms with van der Waals surface area (Å²) in [6, 6.07) is 18.8. The third-order valence-electron chi connectivity index (χ3n) is 4.35. The maximum absolute atomic E-state index is 12.2. The summed E-state index contributed by atoms with van der Waals surface area (Å²) in [5.41, 5.74) is 2.02. The van der Waals surface area contributed by atoms with E-state index in [1.54, 1.807) is 26.4 Å². The lowest BCUT2D eigenvalue weighted by Crippen LogP contribution is -2.16. The molecule has 0 spiro atoms. The Morgan fingerprint density at radius 1 is 0.897 bits per heavy atom. The monoisotopic (exact) mass is 392 g/mol. The minimum atomic E-state index is -0.152. The van der Waals surface area contributed by atoms with Gasteiger partial charge in [0.2, 0.25) is 5.91 Å². The zero-order valence-corrected chi connectivity index (χ0v) is 16.5. The molecule has 0 fully saturated rings. The molecule has 0 radical (unpaired) electrons. The number of carbonyl (C=O) groups is 1. The Bertz CT molecular complexity index is 928. The van der Waals surface area contributed by atoms with Crippen molar-refractivity contribution in [2.45, 2.75) is 12.8 Å². The highest BCUT2D eigenvalue weighted by atomic mass is 16.5. The van der Waals surface area contributed by atoms with Crippen molar-refractivity contribution in [3.8, 4) is 11.5 Å². The fraction of sp³-hybridized carbons (Fsp3) is 0.227. The molecule has 2 N–H and O–H groups in total. The average Bonchev–Trinajstić information content (AvgIpc) is 2.76. The Hall–Kier alpha value is -3.61. The van der Waals surface area contributed by atoms with Crippen LogP contribution in [0.25, 0.3) is 0 Å². The molecule has 1 amide bonds. The van der Waals surface area contributed by atoms with E-state index in [4.69, 9.17) is 9.47 Å². The fourth-order valence-corrected chi connectivity index (χ4v) is 2.84. The highest BCUT2D eigenvalue weighted by molar-refractivity contribution is 5.91. The predicted octanol–water partition coefficient (Wildman–Crippen LogP) is 3.33. The lowest BCUT2D eigenvalue weighted by Gasteiger charge is -2.09. The number of hydrogen-bond acceptors (Lipinski definition) is 6. The Morgan fingerprint density at radius 3 is 2.31 bits per heavy atom. The number of nitrogens with one attached hydrogen (secondary N) is 2. The van der Waals surface area contributed by atoms with Gasteiger partial charge in [-0.3, -0.25) is 4.79 Å². The summed E-state index contributed by atoms with van der Waals surface area (Å²) in [7, 11) is 3.27. The summed E-state index contributed by atoms with van der Waals surface area (Å²) in [5, 5.41) is 14.1. The van der Waals surface area contributed by atoms with Gasteiger partial charge in [-0.05, 0) is 47.9 Å². The summed E-state index contributed by atoms with van der Waals surface area (Å²) < 4.78 is 10.5. The molecule has 7 heteroatoms. The second-order valence-electron chi connectivity index (χ2n) is 6.37. The normalized spacial score (nSPS) is 10.3. The molecule has 150 valence electrons. The van der Waals surface area contributed by atoms with Crippen molar-refractivity contribution in [1.82, 2.24) is 10.2 Å². The molecule has 0 unspecified atom stereocenters. The smallest absolute Gasteiger partial charge is 0.229 e. The molecular formula is C22H24N4O3. The molecule has 0 atom stereocenters. The molecule has 2 aromatic carbocycles. The Labute approximate surface area is 170 Å². The molecule has 1 aromatic heterocycles. The molecule has 7 nitrogen and oxygen atoms in total. The van der Waals surface area contributed by atoms with Crippen molar-refractivity contribution in [3.05, 3.63) is 71.8 Å². The second kappa shape index (κ2) is 10.1. The van der Waals surface area contributed by atoms with Gasteiger partial charge < -0.3 is 20.1 Å². The van der Waals surface area contributed by atoms with Crippen molar-refractivity contribution in [2.75, 3.05) is 31.4 Å². The van der Waals surface area contributed by atoms with E-state index >= 15 is 0 Å². The number of hydrogen-bond donors (Lipinski definition) is 2. The summed E-state index contributed by atoms with van der Waals surface area (Å²) in [4.78, 5) is 12.2. The first kappa shape index (κ1) is 20.1. The van der Waals surface area contributed by atoms with Crippen LogP contribution in [0.4, 0.5) is 11.6 Å². The van der Waals surface area contributed by atoms with Crippen LogP contribution >= 0.6 is 0 Å². The van der Waals surface area contributed by atoms with Gasteiger partial charge in [0.05, 0.1) is 20.6 Å². The average molecular weight is 392 g/mol. The van der Waals surface area contributed by atoms with Gasteiger partial charge in [0.1, 0.15) is 17.3 Å². The molecule has 0 aliphatic rings. The van der Waals surface area contributed by atoms with Crippen molar-refractivity contribution in [1.29, 1.82) is 0 Å². The topological polar surface area (TPSA) is 85.4 Å². The lowest BCUT2D eigenvalue weighted by atomic mass is 10.1. The van der Waals surface area contributed by atoms with E-state index in [-0.39, 0.29) is 12.3 Å². The van der Waals surface area contributed by atoms with Gasteiger partial charge in [0.15, 0.2) is 5.82 Å².